The maximum atomic E-state index is 15.2. The van der Waals surface area contributed by atoms with Crippen molar-refractivity contribution in [2.75, 3.05) is 67.5 Å². The molecule has 0 spiro atoms. The average Bonchev–Trinajstić information content (AvgIpc) is 3.78. The number of hydrogen-bond acceptors (Lipinski definition) is 8. The quantitative estimate of drug-likeness (QED) is 0.341. The molecular weight excluding hydrogens is 581 g/mol. The summed E-state index contributed by atoms with van der Waals surface area (Å²) < 4.78 is 20.8. The second-order valence-corrected chi connectivity index (χ2v) is 11.1. The van der Waals surface area contributed by atoms with E-state index >= 15 is 4.39 Å². The van der Waals surface area contributed by atoms with Crippen LogP contribution in [0, 0.1) is 11.7 Å². The predicted molar refractivity (Wildman–Crippen MR) is 159 cm³/mol. The third-order valence-corrected chi connectivity index (χ3v) is 8.23. The molecule has 2 heterocycles. The number of amides is 3. The van der Waals surface area contributed by atoms with Crippen molar-refractivity contribution in [2.24, 2.45) is 5.92 Å². The zero-order valence-electron chi connectivity index (χ0n) is 23.3. The van der Waals surface area contributed by atoms with Gasteiger partial charge >= 0.3 is 12.1 Å². The Morgan fingerprint density at radius 1 is 1.07 bits per heavy atom. The Labute approximate surface area is 252 Å². The first-order chi connectivity index (χ1) is 20.6. The van der Waals surface area contributed by atoms with E-state index in [9.17, 15) is 19.2 Å². The fourth-order valence-corrected chi connectivity index (χ4v) is 5.56. The van der Waals surface area contributed by atoms with E-state index in [0.717, 1.165) is 12.8 Å². The van der Waals surface area contributed by atoms with E-state index in [1.807, 2.05) is 4.90 Å². The minimum Gasteiger partial charge on any atom is -0.478 e. The average molecular weight is 614 g/mol. The smallest absolute Gasteiger partial charge is 0.414 e. The molecule has 3 N–H and O–H groups in total. The lowest BCUT2D eigenvalue weighted by molar-refractivity contribution is -0.134. The number of nitrogens with one attached hydrogen (secondary N) is 1. The molecule has 3 fully saturated rings. The molecule has 5 rings (SSSR count). The number of carboxylic acids is 1. The standard InChI is InChI=1S/C29H32FN5O7S/c30-23-13-21(7-8-24(23)32-9-11-33(12-10-32)26(38)17-36)35-15-22(42-29(35)41)14-34(27(43)18-1-2-18)16-25(37)31-20-5-3-19(4-6-20)28(39)40/h3-8,13,18,22,36H,1-2,9-12,14-17H2,(H,31,37)(H,39,40)/t22-/m0/s1. The largest absolute Gasteiger partial charge is 0.478 e. The number of aliphatic hydroxyl groups is 1. The molecule has 12 nitrogen and oxygen atoms in total. The van der Waals surface area contributed by atoms with Gasteiger partial charge in [0.05, 0.1) is 41.6 Å². The van der Waals surface area contributed by atoms with Crippen molar-refractivity contribution in [1.29, 1.82) is 0 Å². The van der Waals surface area contributed by atoms with Crippen LogP contribution in [0.15, 0.2) is 42.5 Å². The molecule has 3 amide bonds. The number of anilines is 3. The van der Waals surface area contributed by atoms with Crippen LogP contribution in [0.5, 0.6) is 0 Å². The fourth-order valence-electron chi connectivity index (χ4n) is 5.18. The lowest BCUT2D eigenvalue weighted by Gasteiger charge is -2.36. The summed E-state index contributed by atoms with van der Waals surface area (Å²) in [6, 6.07) is 10.3. The molecule has 0 unspecified atom stereocenters. The Hall–Kier alpha value is -4.30. The van der Waals surface area contributed by atoms with Crippen LogP contribution in [0.3, 0.4) is 0 Å². The molecular formula is C29H32FN5O7S. The van der Waals surface area contributed by atoms with Crippen LogP contribution in [0.4, 0.5) is 26.2 Å². The number of cyclic esters (lactones) is 1. The number of aromatic carboxylic acids is 1. The molecule has 0 bridgehead atoms. The number of hydrogen-bond donors (Lipinski definition) is 3. The zero-order valence-corrected chi connectivity index (χ0v) is 24.1. The van der Waals surface area contributed by atoms with Gasteiger partial charge in [-0.3, -0.25) is 14.5 Å². The van der Waals surface area contributed by atoms with Gasteiger partial charge in [0.2, 0.25) is 11.8 Å². The number of benzene rings is 2. The highest BCUT2D eigenvalue weighted by molar-refractivity contribution is 7.80. The molecule has 228 valence electrons. The number of carboxylic acid groups (broad SMARTS) is 1. The lowest BCUT2D eigenvalue weighted by atomic mass is 10.2. The van der Waals surface area contributed by atoms with E-state index in [0.29, 0.717) is 48.2 Å². The highest BCUT2D eigenvalue weighted by atomic mass is 32.1. The molecule has 1 saturated carbocycles. The minimum absolute atomic E-state index is 0.0788. The summed E-state index contributed by atoms with van der Waals surface area (Å²) >= 11 is 5.64. The topological polar surface area (TPSA) is 143 Å². The van der Waals surface area contributed by atoms with Gasteiger partial charge in [-0.15, -0.1) is 0 Å². The van der Waals surface area contributed by atoms with Crippen LogP contribution in [0.2, 0.25) is 0 Å². The minimum atomic E-state index is -1.07. The molecule has 2 aromatic rings. The molecule has 43 heavy (non-hydrogen) atoms. The number of halogens is 1. The second-order valence-electron chi connectivity index (χ2n) is 10.7. The van der Waals surface area contributed by atoms with Crippen LogP contribution in [-0.2, 0) is 14.3 Å². The molecule has 1 aliphatic carbocycles. The Morgan fingerprint density at radius 3 is 2.37 bits per heavy atom. The van der Waals surface area contributed by atoms with Crippen molar-refractivity contribution in [1.82, 2.24) is 9.80 Å². The Balaban J connectivity index is 1.20. The third kappa shape index (κ3) is 7.20. The highest BCUT2D eigenvalue weighted by Crippen LogP contribution is 2.33. The predicted octanol–water partition coefficient (Wildman–Crippen LogP) is 2.17. The molecule has 2 aliphatic heterocycles. The van der Waals surface area contributed by atoms with Crippen molar-refractivity contribution in [3.63, 3.8) is 0 Å². The number of piperazine rings is 1. The Bertz CT molecular complexity index is 1410. The van der Waals surface area contributed by atoms with E-state index in [1.54, 1.807) is 17.0 Å². The molecule has 2 aromatic carbocycles. The van der Waals surface area contributed by atoms with E-state index < -0.39 is 30.6 Å². The first kappa shape index (κ1) is 30.2. The van der Waals surface area contributed by atoms with Crippen LogP contribution < -0.4 is 15.1 Å². The first-order valence-electron chi connectivity index (χ1n) is 14.0. The fraction of sp³-hybridized carbons (Fsp3) is 0.414. The number of nitrogens with zero attached hydrogens (tertiary/aromatic N) is 4. The normalized spacial score (nSPS) is 18.3. The van der Waals surface area contributed by atoms with Gasteiger partial charge in [0, 0.05) is 37.8 Å². The molecule has 1 atom stereocenters. The van der Waals surface area contributed by atoms with Crippen molar-refractivity contribution < 1.29 is 38.5 Å². The van der Waals surface area contributed by atoms with Crippen molar-refractivity contribution in [2.45, 2.75) is 18.9 Å². The van der Waals surface area contributed by atoms with Gasteiger partial charge in [-0.25, -0.2) is 14.0 Å². The Morgan fingerprint density at radius 2 is 1.77 bits per heavy atom. The number of aliphatic hydroxyl groups excluding tert-OH is 1. The van der Waals surface area contributed by atoms with Crippen LogP contribution in [0.1, 0.15) is 23.2 Å². The van der Waals surface area contributed by atoms with E-state index in [4.69, 9.17) is 27.2 Å². The van der Waals surface area contributed by atoms with E-state index in [1.165, 1.54) is 40.1 Å². The summed E-state index contributed by atoms with van der Waals surface area (Å²) in [6.45, 7) is 1.25. The number of carbonyl (C=O) groups excluding carboxylic acids is 3. The number of rotatable bonds is 10. The van der Waals surface area contributed by atoms with Gasteiger partial charge in [-0.2, -0.15) is 0 Å². The molecule has 14 heteroatoms. The summed E-state index contributed by atoms with van der Waals surface area (Å²) in [5, 5.41) is 20.9. The Kier molecular flexibility index (Phi) is 9.06. The maximum Gasteiger partial charge on any atom is 0.414 e. The summed E-state index contributed by atoms with van der Waals surface area (Å²) in [5.41, 5.74) is 1.23. The number of thiocarbonyl (C=S) groups is 1. The SMILES string of the molecule is O=C(CN(C[C@H]1CN(c2ccc(N3CCN(C(=O)CO)CC3)c(F)c2)C(=O)O1)C(=S)C1CC1)Nc1ccc(C(=O)O)cc1. The van der Waals surface area contributed by atoms with E-state index in [-0.39, 0.29) is 42.9 Å². The molecule has 0 radical (unpaired) electrons. The van der Waals surface area contributed by atoms with Crippen molar-refractivity contribution >= 4 is 58.1 Å². The summed E-state index contributed by atoms with van der Waals surface area (Å²) in [7, 11) is 0. The van der Waals surface area contributed by atoms with Gasteiger partial charge in [0.1, 0.15) is 18.5 Å². The highest BCUT2D eigenvalue weighted by Gasteiger charge is 2.37. The molecule has 3 aliphatic rings. The van der Waals surface area contributed by atoms with E-state index in [2.05, 4.69) is 5.32 Å². The van der Waals surface area contributed by atoms with Gasteiger partial charge in [0.15, 0.2) is 0 Å². The molecule has 2 saturated heterocycles. The first-order valence-corrected chi connectivity index (χ1v) is 14.4. The van der Waals surface area contributed by atoms with Gasteiger partial charge < -0.3 is 35.0 Å². The molecule has 0 aromatic heterocycles. The van der Waals surface area contributed by atoms with Gasteiger partial charge in [-0.05, 0) is 55.3 Å². The second kappa shape index (κ2) is 12.9. The van der Waals surface area contributed by atoms with Crippen LogP contribution in [-0.4, -0.2) is 107 Å². The summed E-state index contributed by atoms with van der Waals surface area (Å²) in [6.07, 6.45) is 0.589. The lowest BCUT2D eigenvalue weighted by Crippen LogP contribution is -2.49. The zero-order chi connectivity index (χ0) is 30.7. The van der Waals surface area contributed by atoms with Gasteiger partial charge in [-0.1, -0.05) is 12.2 Å². The van der Waals surface area contributed by atoms with Crippen LogP contribution in [0.25, 0.3) is 0 Å². The van der Waals surface area contributed by atoms with Crippen molar-refractivity contribution in [3.05, 3.63) is 53.8 Å². The van der Waals surface area contributed by atoms with Gasteiger partial charge in [0.25, 0.3) is 0 Å². The monoisotopic (exact) mass is 613 g/mol. The number of ether oxygens (including phenoxy) is 1. The van der Waals surface area contributed by atoms with Crippen LogP contribution >= 0.6 is 12.2 Å². The summed E-state index contributed by atoms with van der Waals surface area (Å²) in [5.74, 6) is -2.12. The maximum absolute atomic E-state index is 15.2. The third-order valence-electron chi connectivity index (χ3n) is 7.64. The number of carbonyl (C=O) groups is 4. The van der Waals surface area contributed by atoms with Crippen molar-refractivity contribution in [3.8, 4) is 0 Å². The summed E-state index contributed by atoms with van der Waals surface area (Å²) in [4.78, 5) is 55.5.